The molecule has 1 aromatic rings. The Bertz CT molecular complexity index is 256. The zero-order valence-electron chi connectivity index (χ0n) is 9.34. The normalized spacial score (nSPS) is 11.1. The van der Waals surface area contributed by atoms with Gasteiger partial charge in [0.15, 0.2) is 5.89 Å². The summed E-state index contributed by atoms with van der Waals surface area (Å²) >= 11 is 0. The summed E-state index contributed by atoms with van der Waals surface area (Å²) in [4.78, 5) is 4.23. The molecule has 0 bridgehead atoms. The summed E-state index contributed by atoms with van der Waals surface area (Å²) in [5.41, 5.74) is 0. The topological polar surface area (TPSA) is 38.1 Å². The lowest BCUT2D eigenvalue weighted by Gasteiger charge is -1.99. The molecule has 3 nitrogen and oxygen atoms in total. The largest absolute Gasteiger partial charge is 0.446 e. The van der Waals surface area contributed by atoms with E-state index < -0.39 is 0 Å². The molecule has 1 N–H and O–H groups in total. The molecule has 0 saturated heterocycles. The summed E-state index contributed by atoms with van der Waals surface area (Å²) in [5.74, 6) is 2.48. The van der Waals surface area contributed by atoms with Gasteiger partial charge in [-0.05, 0) is 12.5 Å². The standard InChI is InChI=1S/C11H20N2O/c1-4-12-6-5-11-13-8-10(14-11)7-9(2)3/h8-9,12H,4-7H2,1-3H3. The number of hydrogen-bond donors (Lipinski definition) is 1. The maximum Gasteiger partial charge on any atom is 0.195 e. The molecule has 0 atom stereocenters. The van der Waals surface area contributed by atoms with Crippen LogP contribution in [0, 0.1) is 5.92 Å². The second-order valence-corrected chi connectivity index (χ2v) is 3.92. The van der Waals surface area contributed by atoms with Gasteiger partial charge in [-0.25, -0.2) is 4.98 Å². The van der Waals surface area contributed by atoms with Gasteiger partial charge in [-0.15, -0.1) is 0 Å². The Morgan fingerprint density at radius 1 is 1.50 bits per heavy atom. The molecule has 0 aliphatic heterocycles. The molecular weight excluding hydrogens is 176 g/mol. The first-order valence-corrected chi connectivity index (χ1v) is 5.36. The molecule has 1 heterocycles. The molecule has 80 valence electrons. The van der Waals surface area contributed by atoms with Crippen molar-refractivity contribution in [3.8, 4) is 0 Å². The van der Waals surface area contributed by atoms with E-state index in [2.05, 4.69) is 31.1 Å². The van der Waals surface area contributed by atoms with Gasteiger partial charge in [-0.1, -0.05) is 20.8 Å². The SMILES string of the molecule is CCNCCc1ncc(CC(C)C)o1. The second-order valence-electron chi connectivity index (χ2n) is 3.92. The van der Waals surface area contributed by atoms with Crippen LogP contribution >= 0.6 is 0 Å². The highest BCUT2D eigenvalue weighted by atomic mass is 16.4. The number of aromatic nitrogens is 1. The van der Waals surface area contributed by atoms with Crippen LogP contribution in [0.4, 0.5) is 0 Å². The molecule has 0 saturated carbocycles. The van der Waals surface area contributed by atoms with Crippen molar-refractivity contribution in [3.05, 3.63) is 17.8 Å². The van der Waals surface area contributed by atoms with Crippen molar-refractivity contribution < 1.29 is 4.42 Å². The van der Waals surface area contributed by atoms with Gasteiger partial charge in [0.05, 0.1) is 6.20 Å². The predicted molar refractivity (Wildman–Crippen MR) is 57.3 cm³/mol. The monoisotopic (exact) mass is 196 g/mol. The van der Waals surface area contributed by atoms with E-state index in [0.29, 0.717) is 5.92 Å². The van der Waals surface area contributed by atoms with Crippen LogP contribution in [0.15, 0.2) is 10.6 Å². The van der Waals surface area contributed by atoms with Gasteiger partial charge in [0.25, 0.3) is 0 Å². The Kier molecular flexibility index (Phi) is 4.66. The Morgan fingerprint density at radius 2 is 2.29 bits per heavy atom. The van der Waals surface area contributed by atoms with Crippen molar-refractivity contribution in [1.82, 2.24) is 10.3 Å². The predicted octanol–water partition coefficient (Wildman–Crippen LogP) is 2.03. The van der Waals surface area contributed by atoms with Crippen molar-refractivity contribution in [3.63, 3.8) is 0 Å². The summed E-state index contributed by atoms with van der Waals surface area (Å²) in [6.07, 6.45) is 3.71. The van der Waals surface area contributed by atoms with Crippen LogP contribution in [0.2, 0.25) is 0 Å². The maximum absolute atomic E-state index is 5.59. The molecule has 0 aliphatic carbocycles. The Morgan fingerprint density at radius 3 is 2.93 bits per heavy atom. The summed E-state index contributed by atoms with van der Waals surface area (Å²) in [6.45, 7) is 8.40. The first-order chi connectivity index (χ1) is 6.72. The number of rotatable bonds is 6. The van der Waals surface area contributed by atoms with Crippen LogP contribution in [0.1, 0.15) is 32.4 Å². The van der Waals surface area contributed by atoms with Crippen LogP contribution < -0.4 is 5.32 Å². The summed E-state index contributed by atoms with van der Waals surface area (Å²) in [5, 5.41) is 3.25. The van der Waals surface area contributed by atoms with Gasteiger partial charge in [0.2, 0.25) is 0 Å². The van der Waals surface area contributed by atoms with E-state index in [1.54, 1.807) is 0 Å². The average Bonchev–Trinajstić information content (AvgIpc) is 2.52. The fourth-order valence-electron chi connectivity index (χ4n) is 1.33. The highest BCUT2D eigenvalue weighted by Gasteiger charge is 2.05. The number of nitrogens with one attached hydrogen (secondary N) is 1. The molecule has 0 unspecified atom stereocenters. The number of oxazole rings is 1. The van der Waals surface area contributed by atoms with Gasteiger partial charge in [-0.3, -0.25) is 0 Å². The third kappa shape index (κ3) is 3.92. The quantitative estimate of drug-likeness (QED) is 0.707. The zero-order chi connectivity index (χ0) is 10.4. The van der Waals surface area contributed by atoms with Crippen LogP contribution in [0.3, 0.4) is 0 Å². The van der Waals surface area contributed by atoms with Gasteiger partial charge < -0.3 is 9.73 Å². The van der Waals surface area contributed by atoms with E-state index in [4.69, 9.17) is 4.42 Å². The van der Waals surface area contributed by atoms with Gasteiger partial charge >= 0.3 is 0 Å². The molecular formula is C11H20N2O. The van der Waals surface area contributed by atoms with Gasteiger partial charge in [-0.2, -0.15) is 0 Å². The third-order valence-corrected chi connectivity index (χ3v) is 1.98. The van der Waals surface area contributed by atoms with Crippen molar-refractivity contribution >= 4 is 0 Å². The highest BCUT2D eigenvalue weighted by Crippen LogP contribution is 2.09. The summed E-state index contributed by atoms with van der Waals surface area (Å²) in [6, 6.07) is 0. The van der Waals surface area contributed by atoms with Crippen molar-refractivity contribution in [2.75, 3.05) is 13.1 Å². The number of hydrogen-bond acceptors (Lipinski definition) is 3. The van der Waals surface area contributed by atoms with E-state index in [1.165, 1.54) is 0 Å². The smallest absolute Gasteiger partial charge is 0.195 e. The molecule has 0 fully saturated rings. The van der Waals surface area contributed by atoms with Crippen LogP contribution in [0.5, 0.6) is 0 Å². The molecule has 1 rings (SSSR count). The van der Waals surface area contributed by atoms with Crippen LogP contribution in [0.25, 0.3) is 0 Å². The Labute approximate surface area is 85.9 Å². The molecule has 0 radical (unpaired) electrons. The first kappa shape index (κ1) is 11.2. The number of likely N-dealkylation sites (N-methyl/N-ethyl adjacent to an activating group) is 1. The lowest BCUT2D eigenvalue weighted by molar-refractivity contribution is 0.428. The number of nitrogens with zero attached hydrogens (tertiary/aromatic N) is 1. The Balaban J connectivity index is 2.35. The van der Waals surface area contributed by atoms with E-state index in [-0.39, 0.29) is 0 Å². The molecule has 0 aliphatic rings. The second kappa shape index (κ2) is 5.81. The van der Waals surface area contributed by atoms with E-state index in [1.807, 2.05) is 6.20 Å². The van der Waals surface area contributed by atoms with Crippen LogP contribution in [-0.2, 0) is 12.8 Å². The van der Waals surface area contributed by atoms with Gasteiger partial charge in [0, 0.05) is 19.4 Å². The van der Waals surface area contributed by atoms with E-state index in [9.17, 15) is 0 Å². The summed E-state index contributed by atoms with van der Waals surface area (Å²) in [7, 11) is 0. The lowest BCUT2D eigenvalue weighted by atomic mass is 10.1. The lowest BCUT2D eigenvalue weighted by Crippen LogP contribution is -2.16. The van der Waals surface area contributed by atoms with Crippen LogP contribution in [-0.4, -0.2) is 18.1 Å². The van der Waals surface area contributed by atoms with Crippen molar-refractivity contribution in [2.24, 2.45) is 5.92 Å². The minimum Gasteiger partial charge on any atom is -0.446 e. The first-order valence-electron chi connectivity index (χ1n) is 5.36. The maximum atomic E-state index is 5.59. The molecule has 0 aromatic carbocycles. The van der Waals surface area contributed by atoms with Gasteiger partial charge in [0.1, 0.15) is 5.76 Å². The Hall–Kier alpha value is -0.830. The summed E-state index contributed by atoms with van der Waals surface area (Å²) < 4.78 is 5.59. The molecule has 0 amide bonds. The minimum absolute atomic E-state index is 0.629. The molecule has 1 aromatic heterocycles. The molecule has 0 spiro atoms. The van der Waals surface area contributed by atoms with Crippen molar-refractivity contribution in [2.45, 2.75) is 33.6 Å². The molecule has 14 heavy (non-hydrogen) atoms. The van der Waals surface area contributed by atoms with Crippen molar-refractivity contribution in [1.29, 1.82) is 0 Å². The minimum atomic E-state index is 0.629. The highest BCUT2D eigenvalue weighted by molar-refractivity contribution is 4.95. The van der Waals surface area contributed by atoms with E-state index in [0.717, 1.165) is 37.6 Å². The fourth-order valence-corrected chi connectivity index (χ4v) is 1.33. The average molecular weight is 196 g/mol. The molecule has 3 heteroatoms. The fraction of sp³-hybridized carbons (Fsp3) is 0.727. The third-order valence-electron chi connectivity index (χ3n) is 1.98. The van der Waals surface area contributed by atoms with E-state index >= 15 is 0 Å². The zero-order valence-corrected chi connectivity index (χ0v) is 9.34.